The molecule has 0 aliphatic heterocycles. The van der Waals surface area contributed by atoms with Crippen molar-refractivity contribution in [2.24, 2.45) is 0 Å². The summed E-state index contributed by atoms with van der Waals surface area (Å²) < 4.78 is 0.167. The van der Waals surface area contributed by atoms with Crippen molar-refractivity contribution in [1.82, 2.24) is 0 Å². The van der Waals surface area contributed by atoms with E-state index in [1.807, 2.05) is 41.5 Å². The third kappa shape index (κ3) is 18.3. The summed E-state index contributed by atoms with van der Waals surface area (Å²) in [6.45, 7) is 51.0. The van der Waals surface area contributed by atoms with Crippen molar-refractivity contribution >= 4 is 39.4 Å². The number of hydrogen-bond acceptors (Lipinski definition) is 2. The van der Waals surface area contributed by atoms with Crippen molar-refractivity contribution in [3.05, 3.63) is 10.3 Å². The second-order valence-electron chi connectivity index (χ2n) is 18.5. The zero-order valence-corrected chi connectivity index (χ0v) is 36.1. The molecule has 0 aliphatic carbocycles. The molecule has 0 aromatic rings. The van der Waals surface area contributed by atoms with Crippen LogP contribution in [0.5, 0.6) is 0 Å². The Kier molecular flexibility index (Phi) is 20.4. The van der Waals surface area contributed by atoms with Crippen molar-refractivity contribution < 1.29 is 21.7 Å². The van der Waals surface area contributed by atoms with Gasteiger partial charge in [-0.3, -0.25) is 0 Å². The van der Waals surface area contributed by atoms with Gasteiger partial charge in [-0.05, 0) is 30.9 Å². The van der Waals surface area contributed by atoms with E-state index in [9.17, 15) is 10.3 Å². The van der Waals surface area contributed by atoms with Crippen molar-refractivity contribution in [3.8, 4) is 0 Å². The molecule has 0 unspecified atom stereocenters. The minimum atomic E-state index is -2.02. The van der Waals surface area contributed by atoms with Crippen LogP contribution in [-0.4, -0.2) is 40.4 Å². The standard InChI is InChI=1S/2C12H27NP.2C4H10S.Ti/c2*1-10(2,3)14(13,11(4,5)6)12(7,8)9;2*1-4(2,3)5;/h2*1-9H3;2*5H,1-3H3;/q2*-1;;;+4/p-2. The number of nitrogens with zero attached hydrogens (tertiary/aromatic N) is 2. The molecule has 0 spiro atoms. The van der Waals surface area contributed by atoms with Crippen molar-refractivity contribution in [1.29, 1.82) is 0 Å². The summed E-state index contributed by atoms with van der Waals surface area (Å²) in [5.74, 6) is 0. The molecule has 236 valence electrons. The Balaban J connectivity index is -0.000000145. The Hall–Kier alpha value is 1.87. The average Bonchev–Trinajstić information content (AvgIpc) is 2.43. The Morgan fingerprint density at radius 1 is 0.308 bits per heavy atom. The molecule has 0 amide bonds. The predicted molar refractivity (Wildman–Crippen MR) is 193 cm³/mol. The molecule has 0 saturated heterocycles. The molecule has 0 bridgehead atoms. The first-order valence-corrected chi connectivity index (χ1v) is 18.4. The molecule has 0 rings (SSSR count). The van der Waals surface area contributed by atoms with Crippen molar-refractivity contribution in [2.75, 3.05) is 0 Å². The van der Waals surface area contributed by atoms with Crippen LogP contribution in [0.4, 0.5) is 0 Å². The van der Waals surface area contributed by atoms with Gasteiger partial charge >= 0.3 is 21.7 Å². The molecule has 0 N–H and O–H groups in total. The first-order valence-electron chi connectivity index (χ1n) is 14.1. The molecule has 0 aromatic carbocycles. The first kappa shape index (κ1) is 50.5. The zero-order valence-electron chi connectivity index (χ0n) is 31.1. The molecule has 0 saturated carbocycles. The molecule has 0 fully saturated rings. The zero-order chi connectivity index (χ0) is 33.0. The summed E-state index contributed by atoms with van der Waals surface area (Å²) in [5, 5.41) is 22.2. The summed E-state index contributed by atoms with van der Waals surface area (Å²) in [4.78, 5) is 0. The normalized spacial score (nSPS) is 14.4. The maximum Gasteiger partial charge on any atom is 4.00 e. The van der Waals surface area contributed by atoms with Gasteiger partial charge in [0.05, 0.1) is 0 Å². The van der Waals surface area contributed by atoms with E-state index in [0.717, 1.165) is 0 Å². The van der Waals surface area contributed by atoms with Gasteiger partial charge in [0.1, 0.15) is 0 Å². The van der Waals surface area contributed by atoms with E-state index in [1.54, 1.807) is 0 Å². The van der Waals surface area contributed by atoms with Gasteiger partial charge in [-0.2, -0.15) is 9.49 Å². The smallest absolute Gasteiger partial charge is 0.807 e. The Morgan fingerprint density at radius 2 is 0.359 bits per heavy atom. The second kappa shape index (κ2) is 15.7. The van der Waals surface area contributed by atoms with Gasteiger partial charge in [0, 0.05) is 0 Å². The molecule has 2 nitrogen and oxygen atoms in total. The summed E-state index contributed by atoms with van der Waals surface area (Å²) in [6.07, 6.45) is 0. The van der Waals surface area contributed by atoms with Crippen molar-refractivity contribution in [2.45, 2.75) is 207 Å². The molecular formula is C32H72N2P2S2Ti. The molecule has 39 heavy (non-hydrogen) atoms. The van der Waals surface area contributed by atoms with E-state index < -0.39 is 14.1 Å². The fourth-order valence-electron chi connectivity index (χ4n) is 6.04. The van der Waals surface area contributed by atoms with Crippen LogP contribution in [0.1, 0.15) is 166 Å². The third-order valence-electron chi connectivity index (χ3n) is 5.82. The topological polar surface area (TPSA) is 44.6 Å². The first-order chi connectivity index (χ1) is 15.5. The maximum absolute atomic E-state index is 11.1. The van der Waals surface area contributed by atoms with E-state index >= 15 is 0 Å². The van der Waals surface area contributed by atoms with Crippen LogP contribution in [0.15, 0.2) is 0 Å². The van der Waals surface area contributed by atoms with E-state index in [0.29, 0.717) is 0 Å². The molecular weight excluding hydrogens is 586 g/mol. The SMILES string of the molecule is CC(C)(C)P(=[N-])(C(C)(C)C)C(C)(C)C.CC(C)(C)P(=[N-])(C(C)(C)C)C(C)(C)C.CC(C)(C)[S-].CC(C)(C)[S-].[Ti+4]. The van der Waals surface area contributed by atoms with E-state index in [1.165, 1.54) is 0 Å². The molecule has 0 radical (unpaired) electrons. The Morgan fingerprint density at radius 3 is 0.359 bits per heavy atom. The average molecular weight is 659 g/mol. The van der Waals surface area contributed by atoms with Crippen molar-refractivity contribution in [3.63, 3.8) is 0 Å². The number of hydrogen-bond donors (Lipinski definition) is 0. The Labute approximate surface area is 276 Å². The fraction of sp³-hybridized carbons (Fsp3) is 1.00. The minimum absolute atomic E-state index is 0. The summed E-state index contributed by atoms with van der Waals surface area (Å²) >= 11 is 9.65. The van der Waals surface area contributed by atoms with E-state index in [-0.39, 0.29) is 62.1 Å². The van der Waals surface area contributed by atoms with E-state index in [2.05, 4.69) is 125 Å². The monoisotopic (exact) mass is 658 g/mol. The quantitative estimate of drug-likeness (QED) is 0.148. The predicted octanol–water partition coefficient (Wildman–Crippen LogP) is 13.0. The van der Waals surface area contributed by atoms with Crippen LogP contribution in [0.25, 0.3) is 10.3 Å². The van der Waals surface area contributed by atoms with Crippen LogP contribution < -0.4 is 0 Å². The van der Waals surface area contributed by atoms with Gasteiger partial charge in [0.15, 0.2) is 0 Å². The molecule has 0 aliphatic rings. The summed E-state index contributed by atoms with van der Waals surface area (Å²) in [5.41, 5.74) is 0. The van der Waals surface area contributed by atoms with Gasteiger partial charge in [-0.25, -0.2) is 14.1 Å². The third-order valence-corrected chi connectivity index (χ3v) is 17.5. The van der Waals surface area contributed by atoms with E-state index in [4.69, 9.17) is 25.3 Å². The fourth-order valence-corrected chi connectivity index (χ4v) is 18.1. The van der Waals surface area contributed by atoms with Crippen LogP contribution >= 0.6 is 14.1 Å². The van der Waals surface area contributed by atoms with Crippen LogP contribution in [0.2, 0.25) is 0 Å². The number of rotatable bonds is 0. The van der Waals surface area contributed by atoms with Crippen LogP contribution in [0.3, 0.4) is 0 Å². The maximum atomic E-state index is 11.1. The van der Waals surface area contributed by atoms with Gasteiger partial charge in [-0.1, -0.05) is 166 Å². The van der Waals surface area contributed by atoms with Gasteiger partial charge < -0.3 is 35.6 Å². The van der Waals surface area contributed by atoms with Gasteiger partial charge in [0.2, 0.25) is 0 Å². The molecule has 0 aromatic heterocycles. The largest absolute Gasteiger partial charge is 4.00 e. The molecule has 0 heterocycles. The van der Waals surface area contributed by atoms with Gasteiger partial charge in [-0.15, -0.1) is 0 Å². The van der Waals surface area contributed by atoms with Crippen LogP contribution in [0, 0.1) is 0 Å². The summed E-state index contributed by atoms with van der Waals surface area (Å²) in [7, 11) is -4.04. The van der Waals surface area contributed by atoms with Gasteiger partial charge in [0.25, 0.3) is 0 Å². The molecule has 7 heteroatoms. The second-order valence-corrected chi connectivity index (χ2v) is 31.6. The van der Waals surface area contributed by atoms with Crippen LogP contribution in [-0.2, 0) is 47.0 Å². The molecule has 0 atom stereocenters. The minimum Gasteiger partial charge on any atom is -0.807 e. The summed E-state index contributed by atoms with van der Waals surface area (Å²) in [6, 6.07) is 0. The Bertz CT molecular complexity index is 614.